The number of likely N-dealkylation sites (tertiary alicyclic amines) is 1. The van der Waals surface area contributed by atoms with Gasteiger partial charge >= 0.3 is 0 Å². The second kappa shape index (κ2) is 5.80. The average molecular weight is 315 g/mol. The molecular weight excluding hydrogens is 300 g/mol. The molecule has 1 saturated heterocycles. The van der Waals surface area contributed by atoms with Crippen molar-refractivity contribution in [1.29, 1.82) is 0 Å². The maximum Gasteiger partial charge on any atom is 0.246 e. The fraction of sp³-hybridized carbons (Fsp3) is 0.417. The van der Waals surface area contributed by atoms with Gasteiger partial charge in [0.1, 0.15) is 0 Å². The lowest BCUT2D eigenvalue weighted by atomic mass is 10.2. The predicted octanol–water partition coefficient (Wildman–Crippen LogP) is 2.47. The fourth-order valence-electron chi connectivity index (χ4n) is 2.04. The molecular formula is C12H15BrN2OS. The molecule has 1 fully saturated rings. The van der Waals surface area contributed by atoms with E-state index in [1.807, 2.05) is 22.4 Å². The summed E-state index contributed by atoms with van der Waals surface area (Å²) in [5.74, 6) is 0.0697. The molecule has 1 amide bonds. The van der Waals surface area contributed by atoms with Gasteiger partial charge in [0.25, 0.3) is 0 Å². The van der Waals surface area contributed by atoms with E-state index < -0.39 is 0 Å². The Labute approximate surface area is 113 Å². The Kier molecular flexibility index (Phi) is 4.36. The van der Waals surface area contributed by atoms with Crippen LogP contribution in [0.25, 0.3) is 6.08 Å². The molecule has 2 rings (SSSR count). The monoisotopic (exact) mass is 314 g/mol. The third kappa shape index (κ3) is 3.18. The first kappa shape index (κ1) is 12.8. The second-order valence-electron chi connectivity index (χ2n) is 4.08. The highest BCUT2D eigenvalue weighted by Crippen LogP contribution is 2.22. The van der Waals surface area contributed by atoms with E-state index in [1.54, 1.807) is 17.4 Å². The molecule has 1 aliphatic rings. The largest absolute Gasteiger partial charge is 0.335 e. The van der Waals surface area contributed by atoms with Gasteiger partial charge in [-0.05, 0) is 51.9 Å². The van der Waals surface area contributed by atoms with Crippen molar-refractivity contribution in [2.45, 2.75) is 18.9 Å². The lowest BCUT2D eigenvalue weighted by Crippen LogP contribution is -2.38. The summed E-state index contributed by atoms with van der Waals surface area (Å²) in [5, 5.41) is 2.01. The van der Waals surface area contributed by atoms with Gasteiger partial charge in [-0.3, -0.25) is 4.79 Å². The third-order valence-electron chi connectivity index (χ3n) is 2.94. The molecule has 92 valence electrons. The molecule has 3 nitrogen and oxygen atoms in total. The average Bonchev–Trinajstić information content (AvgIpc) is 2.94. The van der Waals surface area contributed by atoms with Gasteiger partial charge in [0.15, 0.2) is 0 Å². The minimum Gasteiger partial charge on any atom is -0.335 e. The Bertz CT molecular complexity index is 430. The number of hydrogen-bond acceptors (Lipinski definition) is 3. The van der Waals surface area contributed by atoms with Crippen molar-refractivity contribution in [3.63, 3.8) is 0 Å². The summed E-state index contributed by atoms with van der Waals surface area (Å²) in [4.78, 5) is 13.8. The highest BCUT2D eigenvalue weighted by molar-refractivity contribution is 9.11. The fourth-order valence-corrected chi connectivity index (χ4v) is 3.19. The molecule has 1 aliphatic heterocycles. The van der Waals surface area contributed by atoms with Gasteiger partial charge in [-0.15, -0.1) is 11.3 Å². The second-order valence-corrected chi connectivity index (χ2v) is 6.37. The third-order valence-corrected chi connectivity index (χ3v) is 4.46. The molecule has 0 bridgehead atoms. The lowest BCUT2D eigenvalue weighted by molar-refractivity contribution is -0.126. The molecule has 0 spiro atoms. The lowest BCUT2D eigenvalue weighted by Gasteiger charge is -2.21. The van der Waals surface area contributed by atoms with Gasteiger partial charge in [-0.25, -0.2) is 0 Å². The Morgan fingerprint density at radius 1 is 1.71 bits per heavy atom. The number of nitrogens with zero attached hydrogens (tertiary/aromatic N) is 1. The van der Waals surface area contributed by atoms with E-state index in [0.29, 0.717) is 6.54 Å². The van der Waals surface area contributed by atoms with Crippen LogP contribution in [0.4, 0.5) is 0 Å². The van der Waals surface area contributed by atoms with Gasteiger partial charge in [0, 0.05) is 25.2 Å². The van der Waals surface area contributed by atoms with Gasteiger partial charge in [0.2, 0.25) is 5.91 Å². The molecule has 0 aliphatic carbocycles. The van der Waals surface area contributed by atoms with Gasteiger partial charge in [0.05, 0.1) is 3.79 Å². The molecule has 1 unspecified atom stereocenters. The Balaban J connectivity index is 1.99. The number of hydrogen-bond donors (Lipinski definition) is 1. The van der Waals surface area contributed by atoms with Crippen LogP contribution in [0.15, 0.2) is 21.3 Å². The number of nitrogens with two attached hydrogens (primary N) is 1. The van der Waals surface area contributed by atoms with Crippen LogP contribution in [-0.4, -0.2) is 29.9 Å². The van der Waals surface area contributed by atoms with Crippen LogP contribution >= 0.6 is 27.3 Å². The first-order chi connectivity index (χ1) is 8.20. The molecule has 5 heteroatoms. The van der Waals surface area contributed by atoms with Crippen LogP contribution in [-0.2, 0) is 4.79 Å². The van der Waals surface area contributed by atoms with Crippen molar-refractivity contribution < 1.29 is 4.79 Å². The highest BCUT2D eigenvalue weighted by atomic mass is 79.9. The molecule has 0 radical (unpaired) electrons. The van der Waals surface area contributed by atoms with Crippen molar-refractivity contribution >= 4 is 39.2 Å². The van der Waals surface area contributed by atoms with Gasteiger partial charge in [-0.1, -0.05) is 0 Å². The first-order valence-corrected chi connectivity index (χ1v) is 7.31. The van der Waals surface area contributed by atoms with Crippen LogP contribution in [0.1, 0.15) is 18.4 Å². The Morgan fingerprint density at radius 2 is 2.53 bits per heavy atom. The van der Waals surface area contributed by atoms with Crippen molar-refractivity contribution in [2.75, 3.05) is 13.1 Å². The topological polar surface area (TPSA) is 46.3 Å². The molecule has 17 heavy (non-hydrogen) atoms. The number of amides is 1. The van der Waals surface area contributed by atoms with E-state index in [4.69, 9.17) is 5.73 Å². The van der Waals surface area contributed by atoms with E-state index in [0.717, 1.165) is 28.7 Å². The van der Waals surface area contributed by atoms with Crippen LogP contribution in [0.2, 0.25) is 0 Å². The summed E-state index contributed by atoms with van der Waals surface area (Å²) >= 11 is 5.01. The zero-order chi connectivity index (χ0) is 12.3. The quantitative estimate of drug-likeness (QED) is 0.871. The summed E-state index contributed by atoms with van der Waals surface area (Å²) in [6.07, 6.45) is 5.59. The number of halogens is 1. The van der Waals surface area contributed by atoms with Crippen LogP contribution in [0, 0.1) is 0 Å². The Morgan fingerprint density at radius 3 is 3.18 bits per heavy atom. The smallest absolute Gasteiger partial charge is 0.246 e. The molecule has 1 aromatic rings. The number of carbonyl (C=O) groups is 1. The maximum absolute atomic E-state index is 12.0. The predicted molar refractivity (Wildman–Crippen MR) is 74.8 cm³/mol. The van der Waals surface area contributed by atoms with E-state index in [1.165, 1.54) is 0 Å². The minimum atomic E-state index is 0.0697. The molecule has 2 heterocycles. The number of carbonyl (C=O) groups excluding carboxylic acids is 1. The highest BCUT2D eigenvalue weighted by Gasteiger charge is 2.25. The SMILES string of the molecule is NCC1CCCN1C(=O)/C=C/c1csc(Br)c1. The van der Waals surface area contributed by atoms with E-state index in [2.05, 4.69) is 15.9 Å². The molecule has 1 atom stereocenters. The van der Waals surface area contributed by atoms with Crippen LogP contribution < -0.4 is 5.73 Å². The van der Waals surface area contributed by atoms with Crippen molar-refractivity contribution in [3.05, 3.63) is 26.9 Å². The summed E-state index contributed by atoms with van der Waals surface area (Å²) < 4.78 is 1.07. The van der Waals surface area contributed by atoms with Gasteiger partial charge < -0.3 is 10.6 Å². The maximum atomic E-state index is 12.0. The van der Waals surface area contributed by atoms with Crippen molar-refractivity contribution in [1.82, 2.24) is 4.90 Å². The normalized spacial score (nSPS) is 20.4. The van der Waals surface area contributed by atoms with E-state index in [-0.39, 0.29) is 11.9 Å². The number of thiophene rings is 1. The molecule has 0 saturated carbocycles. The van der Waals surface area contributed by atoms with Gasteiger partial charge in [-0.2, -0.15) is 0 Å². The summed E-state index contributed by atoms with van der Waals surface area (Å²) in [6, 6.07) is 2.22. The number of rotatable bonds is 3. The van der Waals surface area contributed by atoms with Crippen molar-refractivity contribution in [3.8, 4) is 0 Å². The standard InChI is InChI=1S/C12H15BrN2OS/c13-11-6-9(8-17-11)3-4-12(16)15-5-1-2-10(15)7-14/h3-4,6,8,10H,1-2,5,7,14H2/b4-3+. The summed E-state index contributed by atoms with van der Waals surface area (Å²) in [5.41, 5.74) is 6.70. The summed E-state index contributed by atoms with van der Waals surface area (Å²) in [6.45, 7) is 1.39. The summed E-state index contributed by atoms with van der Waals surface area (Å²) in [7, 11) is 0. The molecule has 1 aromatic heterocycles. The van der Waals surface area contributed by atoms with E-state index in [9.17, 15) is 4.79 Å². The Hall–Kier alpha value is -0.650. The first-order valence-electron chi connectivity index (χ1n) is 5.63. The van der Waals surface area contributed by atoms with Crippen LogP contribution in [0.3, 0.4) is 0 Å². The van der Waals surface area contributed by atoms with E-state index >= 15 is 0 Å². The van der Waals surface area contributed by atoms with Crippen LogP contribution in [0.5, 0.6) is 0 Å². The molecule has 2 N–H and O–H groups in total. The minimum absolute atomic E-state index is 0.0697. The zero-order valence-electron chi connectivity index (χ0n) is 9.43. The zero-order valence-corrected chi connectivity index (χ0v) is 11.8. The molecule has 0 aromatic carbocycles. The van der Waals surface area contributed by atoms with Crippen molar-refractivity contribution in [2.24, 2.45) is 5.73 Å².